The lowest BCUT2D eigenvalue weighted by Crippen LogP contribution is -2.14. The number of benzene rings is 1. The smallest absolute Gasteiger partial charge is 0.250 e. The van der Waals surface area contributed by atoms with E-state index in [1.807, 2.05) is 36.4 Å². The van der Waals surface area contributed by atoms with Gasteiger partial charge in [0, 0.05) is 11.3 Å². The highest BCUT2D eigenvalue weighted by Gasteiger charge is 2.08. The average Bonchev–Trinajstić information content (AvgIpc) is 2.41. The molecule has 0 aliphatic carbocycles. The summed E-state index contributed by atoms with van der Waals surface area (Å²) in [7, 11) is 0. The fourth-order valence-corrected chi connectivity index (χ4v) is 1.76. The van der Waals surface area contributed by atoms with Gasteiger partial charge >= 0.3 is 0 Å². The second-order valence-electron chi connectivity index (χ2n) is 4.39. The zero-order chi connectivity index (χ0) is 14.1. The normalized spacial score (nSPS) is 9.68. The molecule has 2 heteroatoms. The number of carbonyl (C=O) groups is 1. The number of nitrogens with one attached hydrogen (secondary N) is 1. The van der Waals surface area contributed by atoms with Crippen LogP contribution in [-0.4, -0.2) is 5.91 Å². The molecule has 2 nitrogen and oxygen atoms in total. The van der Waals surface area contributed by atoms with Gasteiger partial charge in [-0.2, -0.15) is 0 Å². The van der Waals surface area contributed by atoms with E-state index >= 15 is 0 Å². The molecule has 0 bridgehead atoms. The number of para-hydroxylation sites is 1. The van der Waals surface area contributed by atoms with Crippen LogP contribution in [-0.2, 0) is 11.2 Å². The standard InChI is InChI=1S/C17H21NO/c1-4-6-7-11-14(3)17(19)18-16-13-9-8-12-15(16)10-5-2/h4-5,8-9,12-13H,1-3,6-7,10-11H2,(H,18,19). The van der Waals surface area contributed by atoms with Crippen molar-refractivity contribution in [2.24, 2.45) is 0 Å². The fourth-order valence-electron chi connectivity index (χ4n) is 1.76. The molecule has 0 unspecified atom stereocenters. The van der Waals surface area contributed by atoms with Gasteiger partial charge in [0.25, 0.3) is 5.91 Å². The van der Waals surface area contributed by atoms with Crippen molar-refractivity contribution in [3.63, 3.8) is 0 Å². The van der Waals surface area contributed by atoms with Gasteiger partial charge in [0.1, 0.15) is 0 Å². The fraction of sp³-hybridized carbons (Fsp3) is 0.235. The van der Waals surface area contributed by atoms with Gasteiger partial charge in [-0.15, -0.1) is 13.2 Å². The average molecular weight is 255 g/mol. The van der Waals surface area contributed by atoms with Gasteiger partial charge in [0.15, 0.2) is 0 Å². The summed E-state index contributed by atoms with van der Waals surface area (Å²) in [5.74, 6) is -0.111. The molecule has 0 aromatic heterocycles. The minimum absolute atomic E-state index is 0.111. The van der Waals surface area contributed by atoms with Crippen molar-refractivity contribution < 1.29 is 4.79 Å². The predicted molar refractivity (Wildman–Crippen MR) is 82.2 cm³/mol. The summed E-state index contributed by atoms with van der Waals surface area (Å²) in [5, 5.41) is 2.91. The topological polar surface area (TPSA) is 29.1 Å². The van der Waals surface area contributed by atoms with E-state index in [1.54, 1.807) is 0 Å². The number of allylic oxidation sites excluding steroid dienone is 2. The third-order valence-corrected chi connectivity index (χ3v) is 2.84. The van der Waals surface area contributed by atoms with Crippen LogP contribution in [0.4, 0.5) is 5.69 Å². The number of amides is 1. The van der Waals surface area contributed by atoms with Gasteiger partial charge in [-0.3, -0.25) is 4.79 Å². The molecule has 1 rings (SSSR count). The molecule has 0 heterocycles. The summed E-state index contributed by atoms with van der Waals surface area (Å²) in [6.45, 7) is 11.2. The Kier molecular flexibility index (Phi) is 6.37. The second-order valence-corrected chi connectivity index (χ2v) is 4.39. The second kappa shape index (κ2) is 8.09. The van der Waals surface area contributed by atoms with Crippen LogP contribution in [0.5, 0.6) is 0 Å². The maximum atomic E-state index is 12.0. The summed E-state index contributed by atoms with van der Waals surface area (Å²) in [5.41, 5.74) is 2.50. The lowest BCUT2D eigenvalue weighted by molar-refractivity contribution is -0.113. The van der Waals surface area contributed by atoms with Crippen LogP contribution in [0.3, 0.4) is 0 Å². The van der Waals surface area contributed by atoms with Crippen LogP contribution in [0.2, 0.25) is 0 Å². The van der Waals surface area contributed by atoms with E-state index in [4.69, 9.17) is 0 Å². The molecule has 0 aliphatic heterocycles. The van der Waals surface area contributed by atoms with Crippen LogP contribution in [0.1, 0.15) is 24.8 Å². The Morgan fingerprint density at radius 1 is 1.21 bits per heavy atom. The number of carbonyl (C=O) groups excluding carboxylic acids is 1. The van der Waals surface area contributed by atoms with E-state index in [1.165, 1.54) is 0 Å². The summed E-state index contributed by atoms with van der Waals surface area (Å²) >= 11 is 0. The van der Waals surface area contributed by atoms with Crippen molar-refractivity contribution in [2.45, 2.75) is 25.7 Å². The van der Waals surface area contributed by atoms with Crippen molar-refractivity contribution in [1.82, 2.24) is 0 Å². The lowest BCUT2D eigenvalue weighted by Gasteiger charge is -2.11. The Morgan fingerprint density at radius 2 is 1.95 bits per heavy atom. The molecular formula is C17H21NO. The highest BCUT2D eigenvalue weighted by Crippen LogP contribution is 2.17. The Balaban J connectivity index is 2.63. The molecule has 0 aliphatic rings. The van der Waals surface area contributed by atoms with Gasteiger partial charge in [-0.05, 0) is 37.3 Å². The largest absolute Gasteiger partial charge is 0.322 e. The molecular weight excluding hydrogens is 234 g/mol. The summed E-state index contributed by atoms with van der Waals surface area (Å²) < 4.78 is 0. The molecule has 1 N–H and O–H groups in total. The summed E-state index contributed by atoms with van der Waals surface area (Å²) in [6.07, 6.45) is 6.92. The van der Waals surface area contributed by atoms with E-state index in [2.05, 4.69) is 25.1 Å². The third-order valence-electron chi connectivity index (χ3n) is 2.84. The first-order valence-corrected chi connectivity index (χ1v) is 6.48. The quantitative estimate of drug-likeness (QED) is 0.419. The van der Waals surface area contributed by atoms with E-state index < -0.39 is 0 Å². The monoisotopic (exact) mass is 255 g/mol. The highest BCUT2D eigenvalue weighted by atomic mass is 16.1. The summed E-state index contributed by atoms with van der Waals surface area (Å²) in [4.78, 5) is 12.0. The molecule has 1 aromatic rings. The zero-order valence-electron chi connectivity index (χ0n) is 11.3. The SMILES string of the molecule is C=CCCCC(=C)C(=O)Nc1ccccc1CC=C. The minimum Gasteiger partial charge on any atom is -0.322 e. The highest BCUT2D eigenvalue weighted by molar-refractivity contribution is 6.03. The first kappa shape index (κ1) is 15.0. The van der Waals surface area contributed by atoms with Crippen molar-refractivity contribution in [3.8, 4) is 0 Å². The Labute approximate surface area is 115 Å². The summed E-state index contributed by atoms with van der Waals surface area (Å²) in [6, 6.07) is 7.74. The number of rotatable bonds is 8. The molecule has 0 atom stereocenters. The van der Waals surface area contributed by atoms with E-state index in [0.29, 0.717) is 12.0 Å². The molecule has 19 heavy (non-hydrogen) atoms. The van der Waals surface area contributed by atoms with E-state index in [9.17, 15) is 4.79 Å². The molecule has 0 saturated carbocycles. The van der Waals surface area contributed by atoms with E-state index in [0.717, 1.165) is 30.5 Å². The van der Waals surface area contributed by atoms with Crippen LogP contribution in [0, 0.1) is 0 Å². The first-order valence-electron chi connectivity index (χ1n) is 6.48. The van der Waals surface area contributed by atoms with Crippen molar-refractivity contribution >= 4 is 11.6 Å². The number of unbranched alkanes of at least 4 members (excludes halogenated alkanes) is 1. The van der Waals surface area contributed by atoms with Crippen LogP contribution in [0.25, 0.3) is 0 Å². The molecule has 0 fully saturated rings. The van der Waals surface area contributed by atoms with Crippen LogP contribution >= 0.6 is 0 Å². The number of hydrogen-bond acceptors (Lipinski definition) is 1. The molecule has 0 radical (unpaired) electrons. The van der Waals surface area contributed by atoms with Gasteiger partial charge < -0.3 is 5.32 Å². The van der Waals surface area contributed by atoms with Crippen LogP contribution < -0.4 is 5.32 Å². The molecule has 1 amide bonds. The maximum Gasteiger partial charge on any atom is 0.250 e. The Morgan fingerprint density at radius 3 is 2.63 bits per heavy atom. The van der Waals surface area contributed by atoms with Gasteiger partial charge in [-0.1, -0.05) is 36.9 Å². The van der Waals surface area contributed by atoms with Gasteiger partial charge in [-0.25, -0.2) is 0 Å². The zero-order valence-corrected chi connectivity index (χ0v) is 11.3. The first-order chi connectivity index (χ1) is 9.19. The van der Waals surface area contributed by atoms with Crippen molar-refractivity contribution in [3.05, 3.63) is 67.3 Å². The number of hydrogen-bond donors (Lipinski definition) is 1. The Bertz CT molecular complexity index is 474. The maximum absolute atomic E-state index is 12.0. The molecule has 100 valence electrons. The predicted octanol–water partition coefficient (Wildman–Crippen LogP) is 4.27. The van der Waals surface area contributed by atoms with Crippen LogP contribution in [0.15, 0.2) is 61.7 Å². The third kappa shape index (κ3) is 4.96. The van der Waals surface area contributed by atoms with Crippen molar-refractivity contribution in [2.75, 3.05) is 5.32 Å². The van der Waals surface area contributed by atoms with Gasteiger partial charge in [0.2, 0.25) is 0 Å². The molecule has 0 spiro atoms. The number of anilines is 1. The Hall–Kier alpha value is -2.09. The van der Waals surface area contributed by atoms with Gasteiger partial charge in [0.05, 0.1) is 0 Å². The molecule has 0 saturated heterocycles. The molecule has 1 aromatic carbocycles. The van der Waals surface area contributed by atoms with Crippen molar-refractivity contribution in [1.29, 1.82) is 0 Å². The van der Waals surface area contributed by atoms with E-state index in [-0.39, 0.29) is 5.91 Å². The lowest BCUT2D eigenvalue weighted by atomic mass is 10.1. The minimum atomic E-state index is -0.111.